The maximum absolute atomic E-state index is 13.4. The number of rotatable bonds is 1. The first-order valence-corrected chi connectivity index (χ1v) is 4.16. The van der Waals surface area contributed by atoms with Crippen LogP contribution in [0.4, 0.5) is 28.9 Å². The van der Waals surface area contributed by atoms with Crippen LogP contribution in [0.1, 0.15) is 12.5 Å². The van der Waals surface area contributed by atoms with Crippen LogP contribution in [0.2, 0.25) is 0 Å². The van der Waals surface area contributed by atoms with Crippen molar-refractivity contribution in [2.45, 2.75) is 13.1 Å². The average Bonchev–Trinajstić information content (AvgIpc) is 2.07. The van der Waals surface area contributed by atoms with E-state index in [1.165, 1.54) is 0 Å². The molecule has 3 nitrogen and oxygen atoms in total. The minimum atomic E-state index is -4.90. The van der Waals surface area contributed by atoms with Gasteiger partial charge in [-0.25, -0.2) is 4.39 Å². The van der Waals surface area contributed by atoms with Crippen molar-refractivity contribution < 1.29 is 22.4 Å². The van der Waals surface area contributed by atoms with Crippen LogP contribution in [0.25, 0.3) is 0 Å². The minimum absolute atomic E-state index is 0.547. The molecule has 16 heavy (non-hydrogen) atoms. The second-order valence-corrected chi connectivity index (χ2v) is 3.07. The van der Waals surface area contributed by atoms with E-state index in [1.54, 1.807) is 0 Å². The van der Waals surface area contributed by atoms with E-state index in [1.807, 2.05) is 5.32 Å². The molecule has 0 saturated carbocycles. The van der Waals surface area contributed by atoms with Crippen LogP contribution in [-0.2, 0) is 11.0 Å². The van der Waals surface area contributed by atoms with Gasteiger partial charge in [-0.1, -0.05) is 0 Å². The molecule has 0 aliphatic carbocycles. The standard InChI is InChI=1S/C9H8F4N2O/c1-4(16)15-6-3-2-5(14)7(8(6)10)9(11,12)13/h2-3H,14H2,1H3,(H,15,16). The Balaban J connectivity index is 3.33. The van der Waals surface area contributed by atoms with Crippen molar-refractivity contribution in [1.82, 2.24) is 0 Å². The van der Waals surface area contributed by atoms with Crippen LogP contribution in [0.3, 0.4) is 0 Å². The van der Waals surface area contributed by atoms with Gasteiger partial charge in [0.1, 0.15) is 5.56 Å². The molecule has 0 fully saturated rings. The highest BCUT2D eigenvalue weighted by Crippen LogP contribution is 2.37. The van der Waals surface area contributed by atoms with Crippen LogP contribution in [0.15, 0.2) is 12.1 Å². The molecule has 3 N–H and O–H groups in total. The van der Waals surface area contributed by atoms with E-state index < -0.39 is 34.8 Å². The monoisotopic (exact) mass is 236 g/mol. The Morgan fingerprint density at radius 3 is 2.38 bits per heavy atom. The maximum atomic E-state index is 13.4. The van der Waals surface area contributed by atoms with E-state index in [0.29, 0.717) is 0 Å². The molecule has 7 heteroatoms. The Morgan fingerprint density at radius 1 is 1.38 bits per heavy atom. The molecular formula is C9H8F4N2O. The maximum Gasteiger partial charge on any atom is 0.421 e. The number of hydrogen-bond acceptors (Lipinski definition) is 2. The fourth-order valence-electron chi connectivity index (χ4n) is 1.17. The van der Waals surface area contributed by atoms with Crippen molar-refractivity contribution in [1.29, 1.82) is 0 Å². The number of halogens is 4. The molecule has 0 aromatic heterocycles. The molecule has 0 saturated heterocycles. The van der Waals surface area contributed by atoms with E-state index in [2.05, 4.69) is 0 Å². The molecule has 1 aromatic rings. The summed E-state index contributed by atoms with van der Waals surface area (Å²) in [6.45, 7) is 1.06. The van der Waals surface area contributed by atoms with Gasteiger partial charge >= 0.3 is 6.18 Å². The number of benzene rings is 1. The minimum Gasteiger partial charge on any atom is -0.398 e. The molecule has 0 heterocycles. The third-order valence-corrected chi connectivity index (χ3v) is 1.77. The fourth-order valence-corrected chi connectivity index (χ4v) is 1.17. The zero-order chi connectivity index (χ0) is 12.5. The summed E-state index contributed by atoms with van der Waals surface area (Å²) in [5.41, 5.74) is 2.19. The number of amides is 1. The van der Waals surface area contributed by atoms with Crippen LogP contribution in [0, 0.1) is 5.82 Å². The zero-order valence-corrected chi connectivity index (χ0v) is 8.15. The van der Waals surface area contributed by atoms with Crippen molar-refractivity contribution in [3.63, 3.8) is 0 Å². The highest BCUT2D eigenvalue weighted by Gasteiger charge is 2.37. The van der Waals surface area contributed by atoms with Gasteiger partial charge in [0.2, 0.25) is 5.91 Å². The number of nitrogens with one attached hydrogen (secondary N) is 1. The predicted octanol–water partition coefficient (Wildman–Crippen LogP) is 2.39. The second-order valence-electron chi connectivity index (χ2n) is 3.07. The van der Waals surface area contributed by atoms with Gasteiger partial charge < -0.3 is 11.1 Å². The predicted molar refractivity (Wildman–Crippen MR) is 50.1 cm³/mol. The summed E-state index contributed by atoms with van der Waals surface area (Å²) in [4.78, 5) is 10.6. The molecule has 0 unspecified atom stereocenters. The first kappa shape index (κ1) is 12.3. The number of hydrogen-bond donors (Lipinski definition) is 2. The summed E-state index contributed by atoms with van der Waals surface area (Å²) in [5.74, 6) is -2.25. The molecule has 1 rings (SSSR count). The summed E-state index contributed by atoms with van der Waals surface area (Å²) < 4.78 is 50.6. The highest BCUT2D eigenvalue weighted by molar-refractivity contribution is 5.89. The number of anilines is 2. The quantitative estimate of drug-likeness (QED) is 0.581. The molecule has 0 aliphatic rings. The summed E-state index contributed by atoms with van der Waals surface area (Å²) in [6.07, 6.45) is -4.90. The van der Waals surface area contributed by atoms with E-state index in [9.17, 15) is 22.4 Å². The molecule has 0 radical (unpaired) electrons. The molecule has 1 aromatic carbocycles. The largest absolute Gasteiger partial charge is 0.421 e. The number of carbonyl (C=O) groups excluding carboxylic acids is 1. The number of nitrogens with two attached hydrogens (primary N) is 1. The van der Waals surface area contributed by atoms with Gasteiger partial charge in [-0.2, -0.15) is 13.2 Å². The summed E-state index contributed by atoms with van der Waals surface area (Å²) in [6, 6.07) is 1.86. The van der Waals surface area contributed by atoms with Crippen LogP contribution in [0.5, 0.6) is 0 Å². The van der Waals surface area contributed by atoms with Gasteiger partial charge in [0.25, 0.3) is 0 Å². The lowest BCUT2D eigenvalue weighted by molar-refractivity contribution is -0.139. The van der Waals surface area contributed by atoms with E-state index >= 15 is 0 Å². The Bertz CT molecular complexity index is 428. The molecule has 0 spiro atoms. The van der Waals surface area contributed by atoms with E-state index in [4.69, 9.17) is 5.73 Å². The zero-order valence-electron chi connectivity index (χ0n) is 8.15. The summed E-state index contributed by atoms with van der Waals surface area (Å²) in [7, 11) is 0. The average molecular weight is 236 g/mol. The third-order valence-electron chi connectivity index (χ3n) is 1.77. The molecule has 0 bridgehead atoms. The fraction of sp³-hybridized carbons (Fsp3) is 0.222. The van der Waals surface area contributed by atoms with Gasteiger partial charge in [-0.15, -0.1) is 0 Å². The van der Waals surface area contributed by atoms with Crippen molar-refractivity contribution >= 4 is 17.3 Å². The normalized spacial score (nSPS) is 11.3. The molecular weight excluding hydrogens is 228 g/mol. The van der Waals surface area contributed by atoms with Gasteiger partial charge in [0, 0.05) is 12.6 Å². The van der Waals surface area contributed by atoms with Gasteiger partial charge in [0.15, 0.2) is 5.82 Å². The van der Waals surface area contributed by atoms with Crippen LogP contribution < -0.4 is 11.1 Å². The lowest BCUT2D eigenvalue weighted by atomic mass is 10.1. The number of nitrogen functional groups attached to an aromatic ring is 1. The second kappa shape index (κ2) is 3.99. The Labute approximate surface area is 88.2 Å². The number of carbonyl (C=O) groups is 1. The molecule has 1 amide bonds. The lowest BCUT2D eigenvalue weighted by Crippen LogP contribution is -2.15. The Kier molecular flexibility index (Phi) is 3.06. The van der Waals surface area contributed by atoms with Crippen LogP contribution >= 0.6 is 0 Å². The number of alkyl halides is 3. The Morgan fingerprint density at radius 2 is 1.94 bits per heavy atom. The topological polar surface area (TPSA) is 55.1 Å². The highest BCUT2D eigenvalue weighted by atomic mass is 19.4. The van der Waals surface area contributed by atoms with Crippen molar-refractivity contribution in [2.75, 3.05) is 11.1 Å². The van der Waals surface area contributed by atoms with Crippen molar-refractivity contribution in [3.05, 3.63) is 23.5 Å². The van der Waals surface area contributed by atoms with Gasteiger partial charge in [-0.05, 0) is 12.1 Å². The van der Waals surface area contributed by atoms with Crippen LogP contribution in [-0.4, -0.2) is 5.91 Å². The van der Waals surface area contributed by atoms with E-state index in [0.717, 1.165) is 19.1 Å². The van der Waals surface area contributed by atoms with Crippen molar-refractivity contribution in [3.8, 4) is 0 Å². The van der Waals surface area contributed by atoms with Gasteiger partial charge in [0.05, 0.1) is 5.69 Å². The summed E-state index contributed by atoms with van der Waals surface area (Å²) >= 11 is 0. The molecule has 0 aliphatic heterocycles. The SMILES string of the molecule is CC(=O)Nc1ccc(N)c(C(F)(F)F)c1F. The van der Waals surface area contributed by atoms with Crippen molar-refractivity contribution in [2.24, 2.45) is 0 Å². The first-order valence-electron chi connectivity index (χ1n) is 4.16. The smallest absolute Gasteiger partial charge is 0.398 e. The summed E-state index contributed by atoms with van der Waals surface area (Å²) in [5, 5.41) is 1.94. The lowest BCUT2D eigenvalue weighted by Gasteiger charge is -2.13. The first-order chi connectivity index (χ1) is 7.23. The third kappa shape index (κ3) is 2.41. The van der Waals surface area contributed by atoms with E-state index in [-0.39, 0.29) is 0 Å². The molecule has 0 atom stereocenters. The Hall–Kier alpha value is -1.79. The molecule has 88 valence electrons. The van der Waals surface area contributed by atoms with Gasteiger partial charge in [-0.3, -0.25) is 4.79 Å².